The maximum Gasteiger partial charge on any atom is 1.00 e. The molecule has 0 saturated carbocycles. The van der Waals surface area contributed by atoms with Crippen molar-refractivity contribution in [3.8, 4) is 28.2 Å². The molecule has 2 N–H and O–H groups in total. The van der Waals surface area contributed by atoms with E-state index in [9.17, 15) is 19.8 Å². The van der Waals surface area contributed by atoms with Crippen LogP contribution in [0, 0.1) is 0 Å². The van der Waals surface area contributed by atoms with E-state index in [2.05, 4.69) is 36.8 Å². The zero-order valence-corrected chi connectivity index (χ0v) is 32.6. The predicted molar refractivity (Wildman–Crippen MR) is 129 cm³/mol. The van der Waals surface area contributed by atoms with E-state index in [-0.39, 0.29) is 113 Å². The van der Waals surface area contributed by atoms with Gasteiger partial charge < -0.3 is 5.48 Å². The minimum atomic E-state index is -1.31. The molecule has 0 atom stereocenters. The van der Waals surface area contributed by atoms with E-state index in [1.807, 2.05) is 5.38 Å². The van der Waals surface area contributed by atoms with Crippen LogP contribution in [0.15, 0.2) is 77.7 Å². The molecule has 0 saturated heterocycles. The quantitative estimate of drug-likeness (QED) is 0.138. The van der Waals surface area contributed by atoms with Crippen LogP contribution < -0.4 is 77.8 Å². The fraction of sp³-hybridized carbons (Fsp3) is 0. The zero-order chi connectivity index (χ0) is 23.7. The van der Waals surface area contributed by atoms with Crippen molar-refractivity contribution in [1.82, 2.24) is 4.98 Å². The smallest absolute Gasteiger partial charge is 0.253 e. The predicted octanol–water partition coefficient (Wildman–Crippen LogP) is -2.97. The number of hydrogen-bond donors (Lipinski definition) is 0. The minimum absolute atomic E-state index is 0. The van der Waals surface area contributed by atoms with Gasteiger partial charge in [0.15, 0.2) is 0 Å². The van der Waals surface area contributed by atoms with E-state index < -0.39 is 5.97 Å². The third-order valence-corrected chi connectivity index (χ3v) is 9.06. The molecule has 169 valence electrons. The van der Waals surface area contributed by atoms with Gasteiger partial charge in [0.25, 0.3) is 0 Å². The molecule has 7 nitrogen and oxygen atoms in total. The Kier molecular flexibility index (Phi) is 14.0. The summed E-state index contributed by atoms with van der Waals surface area (Å²) in [5, 5.41) is 26.7. The Bertz CT molecular complexity index is 1510. The summed E-state index contributed by atoms with van der Waals surface area (Å²) in [4.78, 5) is 27.6. The van der Waals surface area contributed by atoms with Crippen LogP contribution in [0.3, 0.4) is 0 Å². The molecule has 0 unspecified atom stereocenters. The van der Waals surface area contributed by atoms with Crippen molar-refractivity contribution in [2.24, 2.45) is 0 Å². The van der Waals surface area contributed by atoms with E-state index in [1.54, 1.807) is 53.4 Å². The number of rotatable bonds is 2. The number of carboxylic acid groups (broad SMARTS) is 1. The Labute approximate surface area is 286 Å². The van der Waals surface area contributed by atoms with Crippen molar-refractivity contribution in [3.05, 3.63) is 84.3 Å². The van der Waals surface area contributed by atoms with Gasteiger partial charge in [-0.1, -0.05) is 0 Å². The van der Waals surface area contributed by atoms with E-state index in [1.165, 1.54) is 12.1 Å². The van der Waals surface area contributed by atoms with Gasteiger partial charge in [0, 0.05) is 11.6 Å². The number of aromatic carboxylic acids is 1. The second-order valence-electron chi connectivity index (χ2n) is 6.81. The van der Waals surface area contributed by atoms with Gasteiger partial charge >= 0.3 is 252 Å². The fourth-order valence-electron chi connectivity index (χ4n) is 3.38. The molecule has 2 aromatic carbocycles. The van der Waals surface area contributed by atoms with Crippen LogP contribution in [-0.2, 0) is 26.1 Å². The Hall–Kier alpha value is -0.115. The van der Waals surface area contributed by atoms with Gasteiger partial charge in [-0.2, -0.15) is 0 Å². The average Bonchev–Trinajstić information content (AvgIpc) is 3.38. The molecule has 3 aromatic rings. The molecule has 0 radical (unpaired) electrons. The van der Waals surface area contributed by atoms with Crippen molar-refractivity contribution in [2.75, 3.05) is 0 Å². The van der Waals surface area contributed by atoms with Crippen LogP contribution in [-0.4, -0.2) is 16.4 Å². The molecule has 2 aliphatic rings. The standard InChI is InChI=1S/C20H9Br2O5.C3H3NS.Hg.2Na.H2O/c21-13-5-11-17(7-15(13)23)27-18-8-16(24)14(22)6-12(18)19(11)9-3-1-2-4-10(9)20(25)26;1-2-5-3-4-1;;;;/h1-7,24H,(H,25,26);1-3H;;;;1H2/q;;;2*+1;/p-2. The molecule has 0 bridgehead atoms. The first-order valence-electron chi connectivity index (χ1n) is 9.34. The van der Waals surface area contributed by atoms with Crippen molar-refractivity contribution in [3.63, 3.8) is 0 Å². The van der Waals surface area contributed by atoms with Crippen molar-refractivity contribution < 1.29 is 110 Å². The van der Waals surface area contributed by atoms with E-state index in [0.717, 1.165) is 0 Å². The largest absolute Gasteiger partial charge is 1.00 e. The Morgan fingerprint density at radius 1 is 1.06 bits per heavy atom. The molecule has 1 aromatic heterocycles. The molecular weight excluding hydrogens is 825 g/mol. The van der Waals surface area contributed by atoms with Gasteiger partial charge in [-0.25, -0.2) is 0 Å². The van der Waals surface area contributed by atoms with Crippen LogP contribution in [0.2, 0.25) is 0 Å². The first-order chi connectivity index (χ1) is 15.8. The minimum Gasteiger partial charge on any atom is -0.253 e. The topological polar surface area (TPSA) is 138 Å². The number of aromatic nitrogens is 1. The molecule has 0 spiro atoms. The molecular formula is C23H12Br2HgNNa2O6S. The molecule has 1 aliphatic heterocycles. The van der Waals surface area contributed by atoms with Crippen LogP contribution >= 0.6 is 43.2 Å². The monoisotopic (exact) mass is 836 g/mol. The second kappa shape index (κ2) is 14.9. The summed E-state index contributed by atoms with van der Waals surface area (Å²) >= 11 is 8.07. The maximum absolute atomic E-state index is 12.4. The number of nitrogens with zero attached hydrogens (tertiary/aromatic N) is 1. The van der Waals surface area contributed by atoms with Crippen LogP contribution in [0.5, 0.6) is 5.75 Å². The van der Waals surface area contributed by atoms with E-state index in [0.29, 0.717) is 39.7 Å². The number of fused-ring (bicyclic) bond motifs is 2. The second-order valence-corrected chi connectivity index (χ2v) is 12.0. The van der Waals surface area contributed by atoms with Gasteiger partial charge in [-0.15, -0.1) is 11.3 Å². The number of carbonyl (C=O) groups excluding carboxylic acids is 1. The fourth-order valence-corrected chi connectivity index (χ4v) is 7.31. The molecule has 2 heterocycles. The third kappa shape index (κ3) is 7.09. The molecule has 13 heteroatoms. The first-order valence-corrected chi connectivity index (χ1v) is 14.6. The molecule has 0 amide bonds. The Balaban J connectivity index is 0.000000727. The third-order valence-electron chi connectivity index (χ3n) is 4.83. The van der Waals surface area contributed by atoms with Gasteiger partial charge in [-0.3, -0.25) is 4.98 Å². The van der Waals surface area contributed by atoms with Crippen molar-refractivity contribution in [2.45, 2.75) is 0 Å². The summed E-state index contributed by atoms with van der Waals surface area (Å²) in [6, 6.07) is 11.1. The number of thiazole rings is 1. The molecule has 5 rings (SSSR count). The summed E-state index contributed by atoms with van der Waals surface area (Å²) in [7, 11) is 0. The summed E-state index contributed by atoms with van der Waals surface area (Å²) in [6.45, 7) is 0. The van der Waals surface area contributed by atoms with E-state index in [4.69, 9.17) is 4.42 Å². The normalized spacial score (nSPS) is 9.89. The average molecular weight is 837 g/mol. The number of benzene rings is 3. The van der Waals surface area contributed by atoms with Gasteiger partial charge in [0.05, 0.1) is 5.51 Å². The Morgan fingerprint density at radius 2 is 1.75 bits per heavy atom. The van der Waals surface area contributed by atoms with Crippen LogP contribution in [0.1, 0.15) is 10.4 Å². The summed E-state index contributed by atoms with van der Waals surface area (Å²) in [6.07, 6.45) is 1.77. The molecule has 0 fully saturated rings. The zero-order valence-electron chi connectivity index (χ0n) is 19.1. The van der Waals surface area contributed by atoms with Gasteiger partial charge in [0.2, 0.25) is 0 Å². The van der Waals surface area contributed by atoms with E-state index >= 15 is 0 Å². The first kappa shape index (κ1) is 33.9. The number of hydrogen-bond acceptors (Lipinski definition) is 7. The van der Waals surface area contributed by atoms with Gasteiger partial charge in [-0.05, 0) is 0 Å². The van der Waals surface area contributed by atoms with Crippen molar-refractivity contribution >= 4 is 63.2 Å². The summed E-state index contributed by atoms with van der Waals surface area (Å²) in [5.41, 5.74) is 3.48. The number of halogens is 2. The van der Waals surface area contributed by atoms with Crippen molar-refractivity contribution in [1.29, 1.82) is 0 Å². The molecule has 1 aliphatic carbocycles. The molecule has 36 heavy (non-hydrogen) atoms. The van der Waals surface area contributed by atoms with Gasteiger partial charge in [0.1, 0.15) is 0 Å². The summed E-state index contributed by atoms with van der Waals surface area (Å²) < 4.78 is 7.22. The SMILES string of the molecule is O.O=C([O-])c1ccccc1-c1c2cc(Br)c(=O)cc-2oc2[c]([Hg])c([O-])c(Br)cc12.[Na+].[Na+].c1cscn1. The maximum atomic E-state index is 12.4. The number of carbonyl (C=O) groups is 1. The van der Waals surface area contributed by atoms with Crippen LogP contribution in [0.25, 0.3) is 33.4 Å². The summed E-state index contributed by atoms with van der Waals surface area (Å²) in [5.74, 6) is -1.18. The Morgan fingerprint density at radius 3 is 2.33 bits per heavy atom. The number of carboxylic acids is 1. The van der Waals surface area contributed by atoms with Crippen LogP contribution in [0.4, 0.5) is 0 Å².